The fraction of sp³-hybridized carbons (Fsp3) is 0.372. The maximum Gasteiger partial charge on any atom is 0.0407 e. The normalized spacial score (nSPS) is 11.1. The van der Waals surface area contributed by atoms with Crippen molar-refractivity contribution in [2.45, 2.75) is 212 Å². The molecule has 0 aliphatic heterocycles. The standard InChI is InChI=1S/C86H94/c1-13-17-21-25-33-67-49-59(5)71(60(6)50-67)41-45-79-75-37-29-30-38-76(75)80(46-42-72-61(7)51-68(52-62(72)8)34-26-22-18-14-2)84-58-86-82(48-44-74-65(11)55-70(56-66(74)12)36-28-24-20-16-4)78-40-32-31-39-77(78)81(85(86)57-83(79)84)47-43-73-63(9)53-69(54-64(73)10)35-27-23-19-15-3/h29-32,37-40,49-58H,13-28,33-36H2,1-12H3. The summed E-state index contributed by atoms with van der Waals surface area (Å²) in [7, 11) is 0. The molecule has 9 rings (SSSR count). The minimum absolute atomic E-state index is 1.01. The maximum atomic E-state index is 3.91. The molecule has 9 aromatic carbocycles. The highest BCUT2D eigenvalue weighted by Gasteiger charge is 2.20. The molecule has 0 heterocycles. The Morgan fingerprint density at radius 2 is 0.395 bits per heavy atom. The van der Waals surface area contributed by atoms with Gasteiger partial charge in [0.25, 0.3) is 0 Å². The van der Waals surface area contributed by atoms with Gasteiger partial charge in [-0.2, -0.15) is 0 Å². The van der Waals surface area contributed by atoms with Gasteiger partial charge in [0.2, 0.25) is 0 Å². The lowest BCUT2D eigenvalue weighted by Gasteiger charge is -2.16. The molecule has 0 N–H and O–H groups in total. The van der Waals surface area contributed by atoms with Crippen LogP contribution in [-0.2, 0) is 25.7 Å². The van der Waals surface area contributed by atoms with Crippen LogP contribution in [0, 0.1) is 103 Å². The Hall–Kier alpha value is -7.74. The highest BCUT2D eigenvalue weighted by Crippen LogP contribution is 2.40. The van der Waals surface area contributed by atoms with E-state index in [2.05, 4.69) is 240 Å². The molecule has 0 saturated carbocycles. The van der Waals surface area contributed by atoms with E-state index in [1.807, 2.05) is 0 Å². The van der Waals surface area contributed by atoms with E-state index in [1.54, 1.807) is 0 Å². The van der Waals surface area contributed by atoms with Crippen LogP contribution in [-0.4, -0.2) is 0 Å². The van der Waals surface area contributed by atoms with Crippen molar-refractivity contribution < 1.29 is 0 Å². The number of benzene rings is 9. The van der Waals surface area contributed by atoms with Gasteiger partial charge in [-0.3, -0.25) is 0 Å². The third-order valence-corrected chi connectivity index (χ3v) is 18.1. The molecule has 0 nitrogen and oxygen atoms in total. The molecule has 86 heavy (non-hydrogen) atoms. The Kier molecular flexibility index (Phi) is 21.9. The first kappa shape index (κ1) is 62.8. The predicted molar refractivity (Wildman–Crippen MR) is 375 cm³/mol. The molecule has 0 aromatic heterocycles. The predicted octanol–water partition coefficient (Wildman–Crippen LogP) is 22.9. The van der Waals surface area contributed by atoms with E-state index in [1.165, 1.54) is 169 Å². The van der Waals surface area contributed by atoms with Crippen LogP contribution in [0.3, 0.4) is 0 Å². The van der Waals surface area contributed by atoms with Crippen molar-refractivity contribution in [3.63, 3.8) is 0 Å². The van der Waals surface area contributed by atoms with Gasteiger partial charge in [0.1, 0.15) is 0 Å². The second-order valence-electron chi connectivity index (χ2n) is 25.2. The Labute approximate surface area is 519 Å². The second-order valence-corrected chi connectivity index (χ2v) is 25.2. The second kappa shape index (κ2) is 30.1. The van der Waals surface area contributed by atoms with Crippen LogP contribution in [0.2, 0.25) is 0 Å². The van der Waals surface area contributed by atoms with Crippen LogP contribution in [0.25, 0.3) is 43.1 Å². The van der Waals surface area contributed by atoms with Crippen LogP contribution in [0.15, 0.2) is 109 Å². The minimum Gasteiger partial charge on any atom is -0.0654 e. The molecule has 0 unspecified atom stereocenters. The lowest BCUT2D eigenvalue weighted by Crippen LogP contribution is -1.97. The topological polar surface area (TPSA) is 0 Å². The van der Waals surface area contributed by atoms with E-state index in [0.29, 0.717) is 0 Å². The lowest BCUT2D eigenvalue weighted by atomic mass is 9.85. The molecule has 0 aliphatic carbocycles. The van der Waals surface area contributed by atoms with Gasteiger partial charge in [0.15, 0.2) is 0 Å². The van der Waals surface area contributed by atoms with Gasteiger partial charge >= 0.3 is 0 Å². The van der Waals surface area contributed by atoms with E-state index in [-0.39, 0.29) is 0 Å². The van der Waals surface area contributed by atoms with Gasteiger partial charge in [0.05, 0.1) is 0 Å². The number of hydrogen-bond acceptors (Lipinski definition) is 0. The average molecular weight is 1130 g/mol. The monoisotopic (exact) mass is 1130 g/mol. The van der Waals surface area contributed by atoms with Crippen LogP contribution in [0.4, 0.5) is 0 Å². The lowest BCUT2D eigenvalue weighted by molar-refractivity contribution is 0.666. The Morgan fingerprint density at radius 3 is 0.581 bits per heavy atom. The average Bonchev–Trinajstić information content (AvgIpc) is 1.22. The summed E-state index contributed by atoms with van der Waals surface area (Å²) in [6.07, 6.45) is 24.5. The quantitative estimate of drug-likeness (QED) is 0.0405. The molecule has 0 amide bonds. The molecule has 0 spiro atoms. The zero-order valence-corrected chi connectivity index (χ0v) is 54.5. The van der Waals surface area contributed by atoms with Crippen LogP contribution in [0.1, 0.15) is 242 Å². The van der Waals surface area contributed by atoms with Crippen LogP contribution >= 0.6 is 0 Å². The van der Waals surface area contributed by atoms with Gasteiger partial charge < -0.3 is 0 Å². The summed E-state index contributed by atoms with van der Waals surface area (Å²) in [5, 5.41) is 8.70. The fourth-order valence-corrected chi connectivity index (χ4v) is 13.5. The third-order valence-electron chi connectivity index (χ3n) is 18.1. The fourth-order valence-electron chi connectivity index (χ4n) is 13.5. The van der Waals surface area contributed by atoms with Gasteiger partial charge in [-0.05, 0) is 229 Å². The van der Waals surface area contributed by atoms with E-state index >= 15 is 0 Å². The van der Waals surface area contributed by atoms with Crippen molar-refractivity contribution >= 4 is 43.1 Å². The zero-order chi connectivity index (χ0) is 60.7. The van der Waals surface area contributed by atoms with Gasteiger partial charge in [-0.1, -0.05) is 249 Å². The summed E-state index contributed by atoms with van der Waals surface area (Å²) in [6, 6.07) is 41.6. The molecule has 0 saturated heterocycles. The number of rotatable bonds is 20. The molecule has 0 radical (unpaired) electrons. The van der Waals surface area contributed by atoms with Gasteiger partial charge in [0, 0.05) is 44.5 Å². The molecular formula is C86H94. The maximum absolute atomic E-state index is 3.91. The SMILES string of the molecule is CCCCCCc1cc(C)c(C#Cc2c3ccccc3c(C#Cc3c(C)cc(CCCCCC)cc3C)c3cc4c(C#Cc5c(C)cc(CCCCCC)cc5C)c5ccccc5c(C#Cc5c(C)cc(CCCCCC)cc5C)c4cc23)c(C)c1. The van der Waals surface area contributed by atoms with Crippen molar-refractivity contribution in [2.75, 3.05) is 0 Å². The number of unbranched alkanes of at least 4 members (excludes halogenated alkanes) is 12. The number of hydrogen-bond donors (Lipinski definition) is 0. The van der Waals surface area contributed by atoms with E-state index in [0.717, 1.165) is 113 Å². The number of fused-ring (bicyclic) bond motifs is 4. The van der Waals surface area contributed by atoms with Gasteiger partial charge in [-0.25, -0.2) is 0 Å². The smallest absolute Gasteiger partial charge is 0.0407 e. The highest BCUT2D eigenvalue weighted by atomic mass is 14.2. The van der Waals surface area contributed by atoms with Crippen molar-refractivity contribution in [3.8, 4) is 47.4 Å². The van der Waals surface area contributed by atoms with Gasteiger partial charge in [-0.15, -0.1) is 0 Å². The molecular weight excluding hydrogens is 1030 g/mol. The van der Waals surface area contributed by atoms with Crippen molar-refractivity contribution in [2.24, 2.45) is 0 Å². The molecule has 9 aromatic rings. The highest BCUT2D eigenvalue weighted by molar-refractivity contribution is 6.18. The van der Waals surface area contributed by atoms with Crippen molar-refractivity contribution in [1.29, 1.82) is 0 Å². The summed E-state index contributed by atoms with van der Waals surface area (Å²) in [6.45, 7) is 27.1. The third kappa shape index (κ3) is 14.9. The first-order valence-electron chi connectivity index (χ1n) is 33.2. The Morgan fingerprint density at radius 1 is 0.209 bits per heavy atom. The summed E-state index contributed by atoms with van der Waals surface area (Å²) < 4.78 is 0. The summed E-state index contributed by atoms with van der Waals surface area (Å²) in [5.41, 5.74) is 23.9. The molecule has 0 bridgehead atoms. The summed E-state index contributed by atoms with van der Waals surface area (Å²) in [4.78, 5) is 0. The molecule has 0 aliphatic rings. The number of aryl methyl sites for hydroxylation is 12. The summed E-state index contributed by atoms with van der Waals surface area (Å²) >= 11 is 0. The van der Waals surface area contributed by atoms with Crippen molar-refractivity contribution in [3.05, 3.63) is 220 Å². The molecule has 0 heteroatoms. The first-order chi connectivity index (χ1) is 41.8. The minimum atomic E-state index is 1.01. The van der Waals surface area contributed by atoms with Crippen molar-refractivity contribution in [1.82, 2.24) is 0 Å². The summed E-state index contributed by atoms with van der Waals surface area (Å²) in [5.74, 6) is 31.0. The zero-order valence-electron chi connectivity index (χ0n) is 54.5. The van der Waals surface area contributed by atoms with Crippen LogP contribution in [0.5, 0.6) is 0 Å². The first-order valence-corrected chi connectivity index (χ1v) is 33.2. The largest absolute Gasteiger partial charge is 0.0654 e. The van der Waals surface area contributed by atoms with E-state index in [9.17, 15) is 0 Å². The van der Waals surface area contributed by atoms with E-state index in [4.69, 9.17) is 0 Å². The van der Waals surface area contributed by atoms with E-state index < -0.39 is 0 Å². The Balaban J connectivity index is 1.35. The molecule has 0 fully saturated rings. The Bertz CT molecular complexity index is 3580. The molecule has 438 valence electrons. The molecule has 0 atom stereocenters. The van der Waals surface area contributed by atoms with Crippen LogP contribution < -0.4 is 0 Å².